The van der Waals surface area contributed by atoms with Crippen LogP contribution in [0.1, 0.15) is 37.4 Å². The quantitative estimate of drug-likeness (QED) is 0.617. The van der Waals surface area contributed by atoms with E-state index in [1.807, 2.05) is 19.9 Å². The van der Waals surface area contributed by atoms with Gasteiger partial charge in [0.15, 0.2) is 11.5 Å². The lowest BCUT2D eigenvalue weighted by Crippen LogP contribution is -2.08. The van der Waals surface area contributed by atoms with Crippen molar-refractivity contribution in [2.75, 3.05) is 14.2 Å². The normalized spacial score (nSPS) is 10.3. The van der Waals surface area contributed by atoms with Crippen LogP contribution in [0.3, 0.4) is 0 Å². The number of rotatable bonds is 5. The summed E-state index contributed by atoms with van der Waals surface area (Å²) in [6, 6.07) is 6.34. The molecule has 0 amide bonds. The molecule has 0 radical (unpaired) electrons. The minimum Gasteiger partial charge on any atom is -0.493 e. The van der Waals surface area contributed by atoms with Gasteiger partial charge in [-0.2, -0.15) is 0 Å². The zero-order chi connectivity index (χ0) is 17.0. The molecule has 0 aliphatic carbocycles. The summed E-state index contributed by atoms with van der Waals surface area (Å²) >= 11 is 1.42. The minimum atomic E-state index is -0.484. The SMILES string of the molecule is CCc1sc(C(=O)Oc2ccc(C(=O)OC)cc2OC)cc1C. The molecule has 1 aromatic heterocycles. The third-order valence-corrected chi connectivity index (χ3v) is 4.69. The van der Waals surface area contributed by atoms with Gasteiger partial charge in [0.05, 0.1) is 19.8 Å². The smallest absolute Gasteiger partial charge is 0.353 e. The zero-order valence-corrected chi connectivity index (χ0v) is 14.3. The number of methoxy groups -OCH3 is 2. The highest BCUT2D eigenvalue weighted by molar-refractivity contribution is 7.14. The van der Waals surface area contributed by atoms with Crippen LogP contribution in [0.2, 0.25) is 0 Å². The van der Waals surface area contributed by atoms with Crippen LogP contribution in [-0.4, -0.2) is 26.2 Å². The largest absolute Gasteiger partial charge is 0.493 e. The summed E-state index contributed by atoms with van der Waals surface area (Å²) < 4.78 is 15.2. The van der Waals surface area contributed by atoms with Crippen LogP contribution in [0.25, 0.3) is 0 Å². The number of thiophene rings is 1. The summed E-state index contributed by atoms with van der Waals surface area (Å²) in [5.74, 6) is -0.371. The van der Waals surface area contributed by atoms with Gasteiger partial charge in [-0.1, -0.05) is 6.92 Å². The van der Waals surface area contributed by atoms with E-state index in [0.29, 0.717) is 16.2 Å². The van der Waals surface area contributed by atoms with Crippen molar-refractivity contribution >= 4 is 23.3 Å². The van der Waals surface area contributed by atoms with Crippen LogP contribution < -0.4 is 9.47 Å². The number of ether oxygens (including phenoxy) is 3. The first kappa shape index (κ1) is 17.0. The van der Waals surface area contributed by atoms with E-state index in [1.54, 1.807) is 0 Å². The number of carbonyl (C=O) groups excluding carboxylic acids is 2. The van der Waals surface area contributed by atoms with E-state index in [2.05, 4.69) is 4.74 Å². The molecule has 5 nitrogen and oxygen atoms in total. The highest BCUT2D eigenvalue weighted by Crippen LogP contribution is 2.30. The van der Waals surface area contributed by atoms with Gasteiger partial charge in [0, 0.05) is 4.88 Å². The van der Waals surface area contributed by atoms with Crippen LogP contribution >= 0.6 is 11.3 Å². The maximum atomic E-state index is 12.3. The highest BCUT2D eigenvalue weighted by atomic mass is 32.1. The first-order valence-corrected chi connectivity index (χ1v) is 7.89. The fourth-order valence-electron chi connectivity index (χ4n) is 2.12. The van der Waals surface area contributed by atoms with E-state index >= 15 is 0 Å². The molecular formula is C17H18O5S. The summed E-state index contributed by atoms with van der Waals surface area (Å²) in [6.07, 6.45) is 0.876. The summed E-state index contributed by atoms with van der Waals surface area (Å²) in [7, 11) is 2.74. The topological polar surface area (TPSA) is 61.8 Å². The lowest BCUT2D eigenvalue weighted by Gasteiger charge is -2.09. The number of carbonyl (C=O) groups is 2. The Labute approximate surface area is 138 Å². The van der Waals surface area contributed by atoms with Crippen LogP contribution in [0, 0.1) is 6.92 Å². The molecule has 2 rings (SSSR count). The minimum absolute atomic E-state index is 0.259. The summed E-state index contributed by atoms with van der Waals surface area (Å²) in [4.78, 5) is 25.5. The molecule has 0 unspecified atom stereocenters. The Morgan fingerprint density at radius 2 is 1.83 bits per heavy atom. The first-order valence-electron chi connectivity index (χ1n) is 7.08. The molecule has 1 heterocycles. The van der Waals surface area contributed by atoms with Crippen LogP contribution in [0.5, 0.6) is 11.5 Å². The van der Waals surface area contributed by atoms with Gasteiger partial charge in [-0.25, -0.2) is 9.59 Å². The second kappa shape index (κ2) is 7.28. The van der Waals surface area contributed by atoms with Crippen molar-refractivity contribution in [2.24, 2.45) is 0 Å². The Morgan fingerprint density at radius 1 is 1.09 bits per heavy atom. The molecule has 0 saturated heterocycles. The second-order valence-corrected chi connectivity index (χ2v) is 5.95. The van der Waals surface area contributed by atoms with E-state index < -0.39 is 11.9 Å². The van der Waals surface area contributed by atoms with Crippen molar-refractivity contribution in [3.8, 4) is 11.5 Å². The Hall–Kier alpha value is -2.34. The van der Waals surface area contributed by atoms with Crippen molar-refractivity contribution in [1.29, 1.82) is 0 Å². The molecule has 0 aliphatic heterocycles. The Morgan fingerprint density at radius 3 is 2.39 bits per heavy atom. The third kappa shape index (κ3) is 3.71. The number of aryl methyl sites for hydroxylation is 2. The molecule has 2 aromatic rings. The number of hydrogen-bond acceptors (Lipinski definition) is 6. The number of esters is 2. The van der Waals surface area contributed by atoms with Crippen molar-refractivity contribution in [1.82, 2.24) is 0 Å². The van der Waals surface area contributed by atoms with Crippen LogP contribution in [0.4, 0.5) is 0 Å². The molecule has 0 fully saturated rings. The molecular weight excluding hydrogens is 316 g/mol. The predicted molar refractivity (Wildman–Crippen MR) is 87.7 cm³/mol. The van der Waals surface area contributed by atoms with Gasteiger partial charge in [-0.3, -0.25) is 0 Å². The highest BCUT2D eigenvalue weighted by Gasteiger charge is 2.17. The molecule has 1 aromatic carbocycles. The molecule has 0 aliphatic rings. The Kier molecular flexibility index (Phi) is 5.39. The monoisotopic (exact) mass is 334 g/mol. The van der Waals surface area contributed by atoms with E-state index in [0.717, 1.165) is 16.9 Å². The van der Waals surface area contributed by atoms with Crippen molar-refractivity contribution in [2.45, 2.75) is 20.3 Å². The lowest BCUT2D eigenvalue weighted by atomic mass is 10.2. The maximum absolute atomic E-state index is 12.3. The average molecular weight is 334 g/mol. The lowest BCUT2D eigenvalue weighted by molar-refractivity contribution is 0.0600. The number of hydrogen-bond donors (Lipinski definition) is 0. The van der Waals surface area contributed by atoms with E-state index in [-0.39, 0.29) is 5.75 Å². The average Bonchev–Trinajstić information content (AvgIpc) is 2.95. The maximum Gasteiger partial charge on any atom is 0.353 e. The Bertz CT molecular complexity index is 733. The fourth-order valence-corrected chi connectivity index (χ4v) is 3.11. The zero-order valence-electron chi connectivity index (χ0n) is 13.5. The van der Waals surface area contributed by atoms with Gasteiger partial charge >= 0.3 is 11.9 Å². The number of benzene rings is 1. The summed E-state index contributed by atoms with van der Waals surface area (Å²) in [5, 5.41) is 0. The molecule has 6 heteroatoms. The predicted octanol–water partition coefficient (Wildman–Crippen LogP) is 3.63. The van der Waals surface area contributed by atoms with Gasteiger partial charge in [0.1, 0.15) is 4.88 Å². The molecule has 0 saturated carbocycles. The van der Waals surface area contributed by atoms with E-state index in [4.69, 9.17) is 9.47 Å². The van der Waals surface area contributed by atoms with Gasteiger partial charge in [0.2, 0.25) is 0 Å². The van der Waals surface area contributed by atoms with E-state index in [9.17, 15) is 9.59 Å². The molecule has 0 N–H and O–H groups in total. The van der Waals surface area contributed by atoms with Gasteiger partial charge in [0.25, 0.3) is 0 Å². The molecule has 122 valence electrons. The molecule has 23 heavy (non-hydrogen) atoms. The summed E-state index contributed by atoms with van der Waals surface area (Å²) in [6.45, 7) is 4.01. The van der Waals surface area contributed by atoms with Crippen LogP contribution in [-0.2, 0) is 11.2 Å². The Balaban J connectivity index is 2.24. The standard InChI is InChI=1S/C17H18O5S/c1-5-14-10(2)8-15(23-14)17(19)22-12-7-6-11(16(18)21-4)9-13(12)20-3/h6-9H,5H2,1-4H3. The fraction of sp³-hybridized carbons (Fsp3) is 0.294. The molecule has 0 spiro atoms. The molecule has 0 bridgehead atoms. The van der Waals surface area contributed by atoms with E-state index in [1.165, 1.54) is 43.8 Å². The van der Waals surface area contributed by atoms with Gasteiger partial charge in [-0.05, 0) is 43.2 Å². The van der Waals surface area contributed by atoms with Crippen molar-refractivity contribution < 1.29 is 23.8 Å². The van der Waals surface area contributed by atoms with Crippen LogP contribution in [0.15, 0.2) is 24.3 Å². The summed E-state index contributed by atoms with van der Waals surface area (Å²) in [5.41, 5.74) is 1.40. The third-order valence-electron chi connectivity index (χ3n) is 3.33. The van der Waals surface area contributed by atoms with Crippen molar-refractivity contribution in [3.05, 3.63) is 45.1 Å². The second-order valence-electron chi connectivity index (χ2n) is 4.82. The van der Waals surface area contributed by atoms with Gasteiger partial charge < -0.3 is 14.2 Å². The first-order chi connectivity index (χ1) is 11.0. The van der Waals surface area contributed by atoms with Gasteiger partial charge in [-0.15, -0.1) is 11.3 Å². The van der Waals surface area contributed by atoms with Crippen molar-refractivity contribution in [3.63, 3.8) is 0 Å². The molecule has 0 atom stereocenters.